The molecule has 1 fully saturated rings. The molecule has 0 radical (unpaired) electrons. The fourth-order valence-electron chi connectivity index (χ4n) is 2.74. The van der Waals surface area contributed by atoms with E-state index in [0.717, 1.165) is 0 Å². The highest BCUT2D eigenvalue weighted by atomic mass is 16.3. The van der Waals surface area contributed by atoms with Gasteiger partial charge in [0.15, 0.2) is 12.5 Å². The zero-order chi connectivity index (χ0) is 13.6. The summed E-state index contributed by atoms with van der Waals surface area (Å²) >= 11 is 0. The summed E-state index contributed by atoms with van der Waals surface area (Å²) in [4.78, 5) is 12.4. The van der Waals surface area contributed by atoms with Crippen LogP contribution in [-0.4, -0.2) is 75.1 Å². The van der Waals surface area contributed by atoms with Crippen molar-refractivity contribution < 1.29 is 19.9 Å². The molecule has 0 aromatic rings. The third kappa shape index (κ3) is 1.79. The highest BCUT2D eigenvalue weighted by molar-refractivity contribution is 6.67. The number of hydrogen-bond acceptors (Lipinski definition) is 7. The monoisotopic (exact) mass is 266 g/mol. The average molecular weight is 266 g/mol. The number of amidine groups is 2. The van der Waals surface area contributed by atoms with Gasteiger partial charge in [0.25, 0.3) is 5.71 Å². The van der Waals surface area contributed by atoms with Gasteiger partial charge in [-0.2, -0.15) is 0 Å². The number of nitrogens with zero attached hydrogens (tertiary/aromatic N) is 4. The second-order valence-electron chi connectivity index (χ2n) is 4.89. The van der Waals surface area contributed by atoms with Gasteiger partial charge in [0.1, 0.15) is 12.1 Å². The molecule has 2 aliphatic heterocycles. The molecule has 8 heteroatoms. The predicted octanol–water partition coefficient (Wildman–Crippen LogP) is -2.69. The Kier molecular flexibility index (Phi) is 2.92. The topological polar surface area (TPSA) is 127 Å². The summed E-state index contributed by atoms with van der Waals surface area (Å²) < 4.78 is 1.71. The van der Waals surface area contributed by atoms with Crippen molar-refractivity contribution >= 4 is 23.7 Å². The Morgan fingerprint density at radius 3 is 2.79 bits per heavy atom. The van der Waals surface area contributed by atoms with Gasteiger partial charge < -0.3 is 21.1 Å². The van der Waals surface area contributed by atoms with Crippen molar-refractivity contribution in [2.45, 2.75) is 24.7 Å². The zero-order valence-corrected chi connectivity index (χ0v) is 10.2. The van der Waals surface area contributed by atoms with Crippen molar-refractivity contribution in [2.24, 2.45) is 26.6 Å². The van der Waals surface area contributed by atoms with E-state index in [1.165, 1.54) is 0 Å². The summed E-state index contributed by atoms with van der Waals surface area (Å²) in [7, 11) is 0. The van der Waals surface area contributed by atoms with E-state index in [1.54, 1.807) is 10.9 Å². The molecular weight excluding hydrogens is 250 g/mol. The maximum absolute atomic E-state index is 10.1. The Labute approximate surface area is 109 Å². The molecule has 5 N–H and O–H groups in total. The van der Waals surface area contributed by atoms with Crippen molar-refractivity contribution in [3.05, 3.63) is 0 Å². The number of aliphatic imine (C=N–C) groups is 3. The zero-order valence-electron chi connectivity index (χ0n) is 10.2. The van der Waals surface area contributed by atoms with Crippen LogP contribution in [0.1, 0.15) is 6.42 Å². The summed E-state index contributed by atoms with van der Waals surface area (Å²) in [5.74, 6) is 0.561. The molecule has 0 saturated heterocycles. The van der Waals surface area contributed by atoms with Crippen LogP contribution in [-0.2, 0) is 0 Å². The molecule has 1 saturated carbocycles. The van der Waals surface area contributed by atoms with E-state index in [9.17, 15) is 15.3 Å². The molecule has 8 nitrogen and oxygen atoms in total. The highest BCUT2D eigenvalue weighted by Gasteiger charge is 2.48. The summed E-state index contributed by atoms with van der Waals surface area (Å²) in [6, 6.07) is -0.363. The third-order valence-corrected chi connectivity index (χ3v) is 3.83. The standard InChI is InChI=1S/C11H16N5O3/c12-10-7-11(14-3-13-10)16(4-15-7)6-1-5(2-17)8(18)9(6)19/h4-6,8-9,17-19H,1-3H2,(H2,12,13)/q+1/t5?,6-,8+,9+/m1/s1. The normalized spacial score (nSPS) is 37.4. The van der Waals surface area contributed by atoms with Gasteiger partial charge in [0.05, 0.1) is 6.10 Å². The maximum Gasteiger partial charge on any atom is 0.306 e. The first kappa shape index (κ1) is 12.4. The van der Waals surface area contributed by atoms with Gasteiger partial charge in [-0.05, 0) is 6.42 Å². The molecule has 0 aromatic carbocycles. The minimum absolute atomic E-state index is 0.160. The smallest absolute Gasteiger partial charge is 0.306 e. The Hall–Kier alpha value is -1.64. The van der Waals surface area contributed by atoms with Crippen LogP contribution < -0.4 is 5.73 Å². The van der Waals surface area contributed by atoms with Crippen molar-refractivity contribution in [1.82, 2.24) is 0 Å². The fourth-order valence-corrected chi connectivity index (χ4v) is 2.74. The third-order valence-electron chi connectivity index (χ3n) is 3.83. The molecule has 2 heterocycles. The lowest BCUT2D eigenvalue weighted by Crippen LogP contribution is -2.45. The molecule has 1 aliphatic carbocycles. The lowest BCUT2D eigenvalue weighted by Gasteiger charge is -2.17. The highest BCUT2D eigenvalue weighted by Crippen LogP contribution is 2.29. The average Bonchev–Trinajstić information content (AvgIpc) is 2.94. The molecule has 0 amide bonds. The number of aliphatic hydroxyl groups excluding tert-OH is 3. The number of aliphatic hydroxyl groups is 3. The fraction of sp³-hybridized carbons (Fsp3) is 0.636. The van der Waals surface area contributed by atoms with E-state index in [-0.39, 0.29) is 25.2 Å². The minimum atomic E-state index is -0.953. The second kappa shape index (κ2) is 4.48. The molecule has 0 bridgehead atoms. The summed E-state index contributed by atoms with van der Waals surface area (Å²) in [5, 5.41) is 29.1. The molecule has 19 heavy (non-hydrogen) atoms. The van der Waals surface area contributed by atoms with Crippen LogP contribution in [0, 0.1) is 5.92 Å². The van der Waals surface area contributed by atoms with E-state index >= 15 is 0 Å². The van der Waals surface area contributed by atoms with E-state index < -0.39 is 12.2 Å². The van der Waals surface area contributed by atoms with Gasteiger partial charge in [0.2, 0.25) is 6.34 Å². The molecule has 102 valence electrons. The Balaban J connectivity index is 1.85. The Bertz CT molecular complexity index is 524. The summed E-state index contributed by atoms with van der Waals surface area (Å²) in [6.45, 7) is 0.0751. The Morgan fingerprint density at radius 2 is 2.11 bits per heavy atom. The van der Waals surface area contributed by atoms with Crippen LogP contribution in [0.3, 0.4) is 0 Å². The van der Waals surface area contributed by atoms with Crippen LogP contribution in [0.15, 0.2) is 15.0 Å². The molecule has 4 atom stereocenters. The van der Waals surface area contributed by atoms with E-state index in [4.69, 9.17) is 5.73 Å². The van der Waals surface area contributed by atoms with E-state index in [2.05, 4.69) is 15.0 Å². The quantitative estimate of drug-likeness (QED) is 0.406. The second-order valence-corrected chi connectivity index (χ2v) is 4.89. The first-order chi connectivity index (χ1) is 9.13. The summed E-state index contributed by atoms with van der Waals surface area (Å²) in [6.07, 6.45) is 0.115. The van der Waals surface area contributed by atoms with Crippen molar-refractivity contribution in [2.75, 3.05) is 13.3 Å². The molecular formula is C11H16N5O3+. The van der Waals surface area contributed by atoms with Crippen molar-refractivity contribution in [3.63, 3.8) is 0 Å². The van der Waals surface area contributed by atoms with Crippen LogP contribution in [0.25, 0.3) is 0 Å². The van der Waals surface area contributed by atoms with E-state index in [0.29, 0.717) is 23.8 Å². The van der Waals surface area contributed by atoms with Gasteiger partial charge in [-0.1, -0.05) is 0 Å². The predicted molar refractivity (Wildman–Crippen MR) is 68.7 cm³/mol. The van der Waals surface area contributed by atoms with Crippen molar-refractivity contribution in [1.29, 1.82) is 0 Å². The van der Waals surface area contributed by atoms with Crippen LogP contribution in [0.2, 0.25) is 0 Å². The lowest BCUT2D eigenvalue weighted by molar-refractivity contribution is -0.459. The number of fused-ring (bicyclic) bond motifs is 1. The molecule has 3 aliphatic rings. The van der Waals surface area contributed by atoms with Crippen LogP contribution >= 0.6 is 0 Å². The van der Waals surface area contributed by atoms with E-state index in [1.807, 2.05) is 0 Å². The summed E-state index contributed by atoms with van der Waals surface area (Å²) in [5.41, 5.74) is 6.24. The van der Waals surface area contributed by atoms with Crippen LogP contribution in [0.5, 0.6) is 0 Å². The van der Waals surface area contributed by atoms with Gasteiger partial charge in [0, 0.05) is 12.5 Å². The number of rotatable bonds is 2. The lowest BCUT2D eigenvalue weighted by atomic mass is 10.1. The Morgan fingerprint density at radius 1 is 1.32 bits per heavy atom. The first-order valence-electron chi connectivity index (χ1n) is 6.15. The van der Waals surface area contributed by atoms with Crippen LogP contribution in [0.4, 0.5) is 0 Å². The molecule has 3 rings (SSSR count). The van der Waals surface area contributed by atoms with Gasteiger partial charge in [-0.15, -0.1) is 9.98 Å². The van der Waals surface area contributed by atoms with Gasteiger partial charge in [-0.3, -0.25) is 0 Å². The minimum Gasteiger partial charge on any atom is -0.396 e. The largest absolute Gasteiger partial charge is 0.396 e. The number of hydrogen-bond donors (Lipinski definition) is 4. The first-order valence-corrected chi connectivity index (χ1v) is 6.15. The molecule has 1 unspecified atom stereocenters. The van der Waals surface area contributed by atoms with Gasteiger partial charge >= 0.3 is 5.84 Å². The number of nitrogens with two attached hydrogens (primary N) is 1. The molecule has 0 spiro atoms. The van der Waals surface area contributed by atoms with Gasteiger partial charge in [-0.25, -0.2) is 9.57 Å². The maximum atomic E-state index is 10.1. The van der Waals surface area contributed by atoms with Crippen molar-refractivity contribution in [3.8, 4) is 0 Å². The SMILES string of the molecule is NC1=NCN=C2C1=NC=[N+]2[C@@H]1CC(CO)[C@H](O)[C@H]1O. The molecule has 0 aromatic heterocycles.